The van der Waals surface area contributed by atoms with Gasteiger partial charge in [-0.3, -0.25) is 24.0 Å². The van der Waals surface area contributed by atoms with Gasteiger partial charge in [-0.1, -0.05) is 0 Å². The molecule has 0 bridgehead atoms. The molecule has 31 heavy (non-hydrogen) atoms. The minimum Gasteiger partial charge on any atom is -0.480 e. The molecule has 0 aromatic carbocycles. The fourth-order valence-corrected chi connectivity index (χ4v) is 2.94. The Morgan fingerprint density at radius 2 is 1.29 bits per heavy atom. The Morgan fingerprint density at radius 1 is 0.871 bits per heavy atom. The summed E-state index contributed by atoms with van der Waals surface area (Å²) >= 11 is 5.26. The van der Waals surface area contributed by atoms with Crippen molar-refractivity contribution in [3.8, 4) is 0 Å². The molecular weight excluding hydrogens is 452 g/mol. The van der Waals surface area contributed by atoms with Crippen molar-refractivity contribution >= 4 is 59.9 Å². The normalized spacial score (nSPS) is 14.4. The van der Waals surface area contributed by atoms with Crippen LogP contribution in [0, 0.1) is 0 Å². The molecular formula is C16H28N6O7S2. The minimum absolute atomic E-state index is 0.257. The summed E-state index contributed by atoms with van der Waals surface area (Å²) in [6.45, 7) is 0. The number of carbonyl (C=O) groups excluding carboxylic acids is 5. The van der Waals surface area contributed by atoms with E-state index in [2.05, 4.69) is 28.6 Å². The van der Waals surface area contributed by atoms with Crippen molar-refractivity contribution in [3.63, 3.8) is 0 Å². The second kappa shape index (κ2) is 14.5. The molecule has 5 amide bonds. The Balaban J connectivity index is 5.41. The van der Waals surface area contributed by atoms with Crippen molar-refractivity contribution in [1.29, 1.82) is 0 Å². The lowest BCUT2D eigenvalue weighted by molar-refractivity contribution is -0.142. The summed E-state index contributed by atoms with van der Waals surface area (Å²) in [6.07, 6.45) is 0.860. The van der Waals surface area contributed by atoms with E-state index in [4.69, 9.17) is 22.3 Å². The number of hydrogen-bond donors (Lipinski definition) is 8. The lowest BCUT2D eigenvalue weighted by atomic mass is 10.1. The smallest absolute Gasteiger partial charge is 0.327 e. The zero-order valence-corrected chi connectivity index (χ0v) is 18.5. The molecule has 4 unspecified atom stereocenters. The van der Waals surface area contributed by atoms with Crippen LogP contribution < -0.4 is 33.2 Å². The summed E-state index contributed by atoms with van der Waals surface area (Å²) in [6, 6.07) is -5.39. The molecule has 10 N–H and O–H groups in total. The van der Waals surface area contributed by atoms with E-state index in [-0.39, 0.29) is 5.75 Å². The first-order valence-corrected chi connectivity index (χ1v) is 11.0. The average molecular weight is 481 g/mol. The number of primary amides is 2. The summed E-state index contributed by atoms with van der Waals surface area (Å²) in [5, 5.41) is 15.6. The van der Waals surface area contributed by atoms with Crippen LogP contribution in [-0.4, -0.2) is 82.5 Å². The predicted molar refractivity (Wildman–Crippen MR) is 116 cm³/mol. The monoisotopic (exact) mass is 480 g/mol. The quantitative estimate of drug-likeness (QED) is 0.107. The molecule has 0 saturated carbocycles. The third-order valence-electron chi connectivity index (χ3n) is 3.84. The summed E-state index contributed by atoms with van der Waals surface area (Å²) in [5.41, 5.74) is 15.9. The van der Waals surface area contributed by atoms with Gasteiger partial charge in [0.1, 0.15) is 18.1 Å². The topological polar surface area (TPSA) is 237 Å². The SMILES string of the molecule is CSCCC(N)C(=O)NC(CC(N)=O)C(=O)NC(CC(N)=O)C(=O)NC(CS)C(=O)O. The molecule has 0 rings (SSSR count). The Kier molecular flexibility index (Phi) is 13.3. The van der Waals surface area contributed by atoms with Gasteiger partial charge in [0.2, 0.25) is 29.5 Å². The first-order valence-electron chi connectivity index (χ1n) is 8.98. The van der Waals surface area contributed by atoms with Gasteiger partial charge in [0.25, 0.3) is 0 Å². The third kappa shape index (κ3) is 11.4. The molecule has 13 nitrogen and oxygen atoms in total. The molecule has 0 aliphatic heterocycles. The molecule has 0 aromatic rings. The van der Waals surface area contributed by atoms with E-state index < -0.39 is 72.5 Å². The van der Waals surface area contributed by atoms with E-state index in [1.807, 2.05) is 6.26 Å². The third-order valence-corrected chi connectivity index (χ3v) is 4.85. The van der Waals surface area contributed by atoms with Crippen LogP contribution in [0.15, 0.2) is 0 Å². The maximum atomic E-state index is 12.6. The van der Waals surface area contributed by atoms with Crippen LogP contribution in [0.25, 0.3) is 0 Å². The second-order valence-corrected chi connectivity index (χ2v) is 7.78. The standard InChI is InChI=1S/C16H28N6O7S2/c1-31-3-2-7(17)13(25)20-8(4-11(18)23)14(26)21-9(5-12(19)24)15(27)22-10(6-30)16(28)29/h7-10,30H,2-6,17H2,1H3,(H2,18,23)(H2,19,24)(H,20,25)(H,21,26)(H,22,27)(H,28,29). The Morgan fingerprint density at radius 3 is 1.65 bits per heavy atom. The predicted octanol–water partition coefficient (Wildman–Crippen LogP) is -3.71. The van der Waals surface area contributed by atoms with E-state index >= 15 is 0 Å². The van der Waals surface area contributed by atoms with Gasteiger partial charge in [0.05, 0.1) is 18.9 Å². The number of hydrogen-bond acceptors (Lipinski definition) is 9. The Bertz CT molecular complexity index is 693. The number of carboxylic acid groups (broad SMARTS) is 1. The van der Waals surface area contributed by atoms with Crippen molar-refractivity contribution in [1.82, 2.24) is 16.0 Å². The highest BCUT2D eigenvalue weighted by atomic mass is 32.2. The van der Waals surface area contributed by atoms with Gasteiger partial charge in [-0.2, -0.15) is 24.4 Å². The number of carboxylic acids is 1. The lowest BCUT2D eigenvalue weighted by Gasteiger charge is -2.24. The van der Waals surface area contributed by atoms with Crippen molar-refractivity contribution in [2.24, 2.45) is 17.2 Å². The number of rotatable bonds is 15. The number of thiol groups is 1. The molecule has 0 spiro atoms. The zero-order chi connectivity index (χ0) is 24.1. The van der Waals surface area contributed by atoms with E-state index in [1.165, 1.54) is 11.8 Å². The number of amides is 5. The summed E-state index contributed by atoms with van der Waals surface area (Å²) in [4.78, 5) is 70.8. The highest BCUT2D eigenvalue weighted by molar-refractivity contribution is 7.98. The molecule has 15 heteroatoms. The maximum Gasteiger partial charge on any atom is 0.327 e. The fourth-order valence-electron chi connectivity index (χ4n) is 2.21. The minimum atomic E-state index is -1.57. The van der Waals surface area contributed by atoms with Crippen LogP contribution in [0.4, 0.5) is 0 Å². The molecule has 0 aliphatic rings. The number of nitrogens with two attached hydrogens (primary N) is 3. The summed E-state index contributed by atoms with van der Waals surface area (Å²) < 4.78 is 0. The Labute approximate surface area is 188 Å². The van der Waals surface area contributed by atoms with Crippen LogP contribution in [0.5, 0.6) is 0 Å². The largest absolute Gasteiger partial charge is 0.480 e. The molecule has 0 aliphatic carbocycles. The molecule has 4 atom stereocenters. The molecule has 0 fully saturated rings. The van der Waals surface area contributed by atoms with Crippen molar-refractivity contribution in [2.45, 2.75) is 43.4 Å². The number of thioether (sulfide) groups is 1. The van der Waals surface area contributed by atoms with Crippen LogP contribution >= 0.6 is 24.4 Å². The van der Waals surface area contributed by atoms with Crippen molar-refractivity contribution in [2.75, 3.05) is 17.8 Å². The van der Waals surface area contributed by atoms with E-state index in [0.29, 0.717) is 12.2 Å². The Hall–Kier alpha value is -2.52. The molecule has 0 heterocycles. The van der Waals surface area contributed by atoms with Gasteiger partial charge in [0.15, 0.2) is 0 Å². The molecule has 0 saturated heterocycles. The molecule has 0 aromatic heterocycles. The summed E-state index contributed by atoms with van der Waals surface area (Å²) in [5.74, 6) is -5.69. The van der Waals surface area contributed by atoms with Crippen LogP contribution in [0.1, 0.15) is 19.3 Å². The number of carbonyl (C=O) groups is 6. The number of aliphatic carboxylic acids is 1. The van der Waals surface area contributed by atoms with Crippen LogP contribution in [-0.2, 0) is 28.8 Å². The van der Waals surface area contributed by atoms with Gasteiger partial charge in [-0.05, 0) is 18.4 Å². The molecule has 0 radical (unpaired) electrons. The van der Waals surface area contributed by atoms with Gasteiger partial charge < -0.3 is 38.3 Å². The highest BCUT2D eigenvalue weighted by Gasteiger charge is 2.31. The molecule has 176 valence electrons. The first kappa shape index (κ1) is 28.5. The van der Waals surface area contributed by atoms with Gasteiger partial charge in [-0.25, -0.2) is 4.79 Å². The van der Waals surface area contributed by atoms with Gasteiger partial charge in [-0.15, -0.1) is 0 Å². The van der Waals surface area contributed by atoms with Crippen molar-refractivity contribution in [3.05, 3.63) is 0 Å². The van der Waals surface area contributed by atoms with Crippen LogP contribution in [0.3, 0.4) is 0 Å². The average Bonchev–Trinajstić information content (AvgIpc) is 2.67. The summed E-state index contributed by atoms with van der Waals surface area (Å²) in [7, 11) is 0. The fraction of sp³-hybridized carbons (Fsp3) is 0.625. The lowest BCUT2D eigenvalue weighted by Crippen LogP contribution is -2.58. The zero-order valence-electron chi connectivity index (χ0n) is 16.8. The van der Waals surface area contributed by atoms with E-state index in [0.717, 1.165) is 0 Å². The first-order chi connectivity index (χ1) is 14.4. The van der Waals surface area contributed by atoms with E-state index in [1.54, 1.807) is 0 Å². The van der Waals surface area contributed by atoms with Gasteiger partial charge >= 0.3 is 5.97 Å². The van der Waals surface area contributed by atoms with Crippen molar-refractivity contribution < 1.29 is 33.9 Å². The number of nitrogens with one attached hydrogen (secondary N) is 3. The maximum absolute atomic E-state index is 12.6. The van der Waals surface area contributed by atoms with Gasteiger partial charge in [0, 0.05) is 5.75 Å². The second-order valence-electron chi connectivity index (χ2n) is 6.43. The van der Waals surface area contributed by atoms with Crippen LogP contribution in [0.2, 0.25) is 0 Å². The van der Waals surface area contributed by atoms with E-state index in [9.17, 15) is 28.8 Å². The highest BCUT2D eigenvalue weighted by Crippen LogP contribution is 2.02.